The number of rotatable bonds is 6. The molecule has 1 rings (SSSR count). The van der Waals surface area contributed by atoms with Crippen LogP contribution in [0.15, 0.2) is 0 Å². The second-order valence-corrected chi connectivity index (χ2v) is 6.77. The minimum Gasteiger partial charge on any atom is -0.384 e. The van der Waals surface area contributed by atoms with Gasteiger partial charge in [0.1, 0.15) is 0 Å². The molecule has 0 amide bonds. The molecule has 0 aliphatic carbocycles. The molecule has 0 aromatic rings. The highest BCUT2D eigenvalue weighted by Crippen LogP contribution is 2.19. The summed E-state index contributed by atoms with van der Waals surface area (Å²) in [6.07, 6.45) is 3.89. The lowest BCUT2D eigenvalue weighted by atomic mass is 9.97. The average Bonchev–Trinajstić information content (AvgIpc) is 2.28. The number of methoxy groups -OCH3 is 1. The largest absolute Gasteiger partial charge is 0.384 e. The van der Waals surface area contributed by atoms with Crippen molar-refractivity contribution in [3.63, 3.8) is 0 Å². The standard InChI is InChI=1S/C15H32N2O/c1-13(8-9-16-15(2,3)4)17-10-6-7-14(11-17)12-18-5/h13-14,16H,6-12H2,1-5H3. The first kappa shape index (κ1) is 15.9. The van der Waals surface area contributed by atoms with Gasteiger partial charge in [-0.05, 0) is 66.0 Å². The van der Waals surface area contributed by atoms with Crippen LogP contribution in [0.25, 0.3) is 0 Å². The van der Waals surface area contributed by atoms with E-state index in [9.17, 15) is 0 Å². The van der Waals surface area contributed by atoms with Crippen molar-refractivity contribution in [3.05, 3.63) is 0 Å². The first-order valence-electron chi connectivity index (χ1n) is 7.40. The van der Waals surface area contributed by atoms with Gasteiger partial charge < -0.3 is 15.0 Å². The summed E-state index contributed by atoms with van der Waals surface area (Å²) < 4.78 is 5.30. The van der Waals surface area contributed by atoms with Gasteiger partial charge in [0, 0.05) is 25.2 Å². The summed E-state index contributed by atoms with van der Waals surface area (Å²) in [5, 5.41) is 3.58. The maximum absolute atomic E-state index is 5.30. The maximum atomic E-state index is 5.30. The molecule has 18 heavy (non-hydrogen) atoms. The fourth-order valence-electron chi connectivity index (χ4n) is 2.71. The summed E-state index contributed by atoms with van der Waals surface area (Å²) in [7, 11) is 1.82. The minimum atomic E-state index is 0.236. The van der Waals surface area contributed by atoms with Crippen molar-refractivity contribution in [1.82, 2.24) is 10.2 Å². The zero-order valence-corrected chi connectivity index (χ0v) is 13.0. The molecule has 1 saturated heterocycles. The minimum absolute atomic E-state index is 0.236. The van der Waals surface area contributed by atoms with Crippen molar-refractivity contribution in [2.24, 2.45) is 5.92 Å². The average molecular weight is 256 g/mol. The molecule has 2 atom stereocenters. The van der Waals surface area contributed by atoms with E-state index in [1.807, 2.05) is 7.11 Å². The molecule has 3 heteroatoms. The highest BCUT2D eigenvalue weighted by molar-refractivity contribution is 4.78. The van der Waals surface area contributed by atoms with Gasteiger partial charge in [0.25, 0.3) is 0 Å². The molecule has 1 aliphatic rings. The number of piperidine rings is 1. The molecule has 0 bridgehead atoms. The molecule has 0 aromatic heterocycles. The third-order valence-corrected chi connectivity index (χ3v) is 3.79. The number of nitrogens with one attached hydrogen (secondary N) is 1. The SMILES string of the molecule is COCC1CCCN(C(C)CCNC(C)(C)C)C1. The summed E-state index contributed by atoms with van der Waals surface area (Å²) in [6.45, 7) is 13.5. The van der Waals surface area contributed by atoms with Crippen molar-refractivity contribution < 1.29 is 4.74 Å². The van der Waals surface area contributed by atoms with Crippen LogP contribution in [0.2, 0.25) is 0 Å². The van der Waals surface area contributed by atoms with Crippen LogP contribution in [0.4, 0.5) is 0 Å². The molecule has 108 valence electrons. The first-order valence-corrected chi connectivity index (χ1v) is 7.40. The Labute approximate surface area is 113 Å². The number of hydrogen-bond donors (Lipinski definition) is 1. The topological polar surface area (TPSA) is 24.5 Å². The van der Waals surface area contributed by atoms with E-state index in [1.54, 1.807) is 0 Å². The Hall–Kier alpha value is -0.120. The molecule has 0 radical (unpaired) electrons. The van der Waals surface area contributed by atoms with Crippen LogP contribution in [0.3, 0.4) is 0 Å². The Kier molecular flexibility index (Phi) is 6.61. The van der Waals surface area contributed by atoms with Crippen LogP contribution >= 0.6 is 0 Å². The van der Waals surface area contributed by atoms with E-state index in [1.165, 1.54) is 32.4 Å². The number of ether oxygens (including phenoxy) is 1. The van der Waals surface area contributed by atoms with E-state index < -0.39 is 0 Å². The molecule has 0 saturated carbocycles. The molecule has 0 spiro atoms. The zero-order valence-electron chi connectivity index (χ0n) is 13.0. The van der Waals surface area contributed by atoms with Gasteiger partial charge in [-0.15, -0.1) is 0 Å². The van der Waals surface area contributed by atoms with Gasteiger partial charge in [0.05, 0.1) is 6.61 Å². The third-order valence-electron chi connectivity index (χ3n) is 3.79. The molecule has 2 unspecified atom stereocenters. The second-order valence-electron chi connectivity index (χ2n) is 6.77. The van der Waals surface area contributed by atoms with Gasteiger partial charge in [0.2, 0.25) is 0 Å². The molecule has 1 fully saturated rings. The van der Waals surface area contributed by atoms with Crippen LogP contribution < -0.4 is 5.32 Å². The van der Waals surface area contributed by atoms with Gasteiger partial charge in [-0.1, -0.05) is 0 Å². The Morgan fingerprint density at radius 2 is 2.11 bits per heavy atom. The summed E-state index contributed by atoms with van der Waals surface area (Å²) in [6, 6.07) is 0.680. The van der Waals surface area contributed by atoms with Crippen LogP contribution in [0.5, 0.6) is 0 Å². The predicted molar refractivity (Wildman–Crippen MR) is 78.0 cm³/mol. The van der Waals surface area contributed by atoms with Crippen LogP contribution in [-0.2, 0) is 4.74 Å². The van der Waals surface area contributed by atoms with Gasteiger partial charge in [-0.25, -0.2) is 0 Å². The molecular formula is C15H32N2O. The molecule has 1 heterocycles. The van der Waals surface area contributed by atoms with E-state index in [0.717, 1.165) is 19.1 Å². The number of hydrogen-bond acceptors (Lipinski definition) is 3. The summed E-state index contributed by atoms with van der Waals surface area (Å²) in [4.78, 5) is 2.64. The van der Waals surface area contributed by atoms with Crippen LogP contribution in [-0.4, -0.2) is 49.8 Å². The highest BCUT2D eigenvalue weighted by atomic mass is 16.5. The second kappa shape index (κ2) is 7.46. The van der Waals surface area contributed by atoms with Crippen molar-refractivity contribution in [3.8, 4) is 0 Å². The molecule has 1 N–H and O–H groups in total. The van der Waals surface area contributed by atoms with E-state index >= 15 is 0 Å². The fraction of sp³-hybridized carbons (Fsp3) is 1.00. The Morgan fingerprint density at radius 3 is 2.72 bits per heavy atom. The fourth-order valence-corrected chi connectivity index (χ4v) is 2.71. The van der Waals surface area contributed by atoms with E-state index in [2.05, 4.69) is 37.9 Å². The van der Waals surface area contributed by atoms with Crippen molar-refractivity contribution in [1.29, 1.82) is 0 Å². The lowest BCUT2D eigenvalue weighted by molar-refractivity contribution is 0.0698. The Morgan fingerprint density at radius 1 is 1.39 bits per heavy atom. The molecule has 1 aliphatic heterocycles. The highest BCUT2D eigenvalue weighted by Gasteiger charge is 2.23. The van der Waals surface area contributed by atoms with Gasteiger partial charge in [0.15, 0.2) is 0 Å². The molecular weight excluding hydrogens is 224 g/mol. The smallest absolute Gasteiger partial charge is 0.0502 e. The first-order chi connectivity index (χ1) is 8.42. The zero-order chi connectivity index (χ0) is 13.6. The monoisotopic (exact) mass is 256 g/mol. The van der Waals surface area contributed by atoms with E-state index in [4.69, 9.17) is 4.74 Å². The molecule has 0 aromatic carbocycles. The third kappa shape index (κ3) is 6.17. The maximum Gasteiger partial charge on any atom is 0.0502 e. The Balaban J connectivity index is 2.26. The lowest BCUT2D eigenvalue weighted by Crippen LogP contribution is -2.45. The predicted octanol–water partition coefficient (Wildman–Crippen LogP) is 2.51. The van der Waals surface area contributed by atoms with Gasteiger partial charge >= 0.3 is 0 Å². The van der Waals surface area contributed by atoms with Crippen molar-refractivity contribution in [2.45, 2.75) is 58.5 Å². The molecule has 3 nitrogen and oxygen atoms in total. The van der Waals surface area contributed by atoms with Crippen molar-refractivity contribution in [2.75, 3.05) is 33.4 Å². The van der Waals surface area contributed by atoms with Crippen LogP contribution in [0, 0.1) is 5.92 Å². The van der Waals surface area contributed by atoms with Crippen LogP contribution in [0.1, 0.15) is 47.0 Å². The van der Waals surface area contributed by atoms with Crippen molar-refractivity contribution >= 4 is 0 Å². The van der Waals surface area contributed by atoms with E-state index in [-0.39, 0.29) is 5.54 Å². The van der Waals surface area contributed by atoms with E-state index in [0.29, 0.717) is 6.04 Å². The van der Waals surface area contributed by atoms with Gasteiger partial charge in [-0.2, -0.15) is 0 Å². The summed E-state index contributed by atoms with van der Waals surface area (Å²) >= 11 is 0. The summed E-state index contributed by atoms with van der Waals surface area (Å²) in [5.41, 5.74) is 0.236. The Bertz CT molecular complexity index is 223. The number of likely N-dealkylation sites (tertiary alicyclic amines) is 1. The lowest BCUT2D eigenvalue weighted by Gasteiger charge is -2.37. The van der Waals surface area contributed by atoms with Gasteiger partial charge in [-0.3, -0.25) is 0 Å². The normalized spacial score (nSPS) is 24.2. The number of nitrogens with zero attached hydrogens (tertiary/aromatic N) is 1. The quantitative estimate of drug-likeness (QED) is 0.790. The summed E-state index contributed by atoms with van der Waals surface area (Å²) in [5.74, 6) is 0.738.